The third-order valence-corrected chi connectivity index (χ3v) is 4.96. The normalized spacial score (nSPS) is 17.0. The molecule has 128 valence electrons. The summed E-state index contributed by atoms with van der Waals surface area (Å²) in [5.41, 5.74) is 2.00. The number of thiazole rings is 1. The minimum atomic E-state index is 0.0618. The van der Waals surface area contributed by atoms with Crippen molar-refractivity contribution in [3.8, 4) is 17.0 Å². The molecule has 1 aromatic carbocycles. The van der Waals surface area contributed by atoms with Crippen molar-refractivity contribution in [3.63, 3.8) is 0 Å². The van der Waals surface area contributed by atoms with Crippen LogP contribution in [0.1, 0.15) is 24.3 Å². The monoisotopic (exact) mass is 346 g/mol. The Bertz CT molecular complexity index is 663. The van der Waals surface area contributed by atoms with Gasteiger partial charge in [-0.15, -0.1) is 11.3 Å². The quantitative estimate of drug-likeness (QED) is 0.837. The Balaban J connectivity index is 1.47. The molecule has 24 heavy (non-hydrogen) atoms. The first kappa shape index (κ1) is 16.9. The standard InChI is InChI=1S/C18H22N2O3S/c1-22-14-6-4-13(5-7-14)16-12-24-18(20-16)9-8-17(21)19-11-15-3-2-10-23-15/h4-7,12,15H,2-3,8-11H2,1H3,(H,19,21). The van der Waals surface area contributed by atoms with Gasteiger partial charge >= 0.3 is 0 Å². The molecule has 0 saturated carbocycles. The Labute approximate surface area is 146 Å². The van der Waals surface area contributed by atoms with E-state index in [2.05, 4.69) is 10.3 Å². The van der Waals surface area contributed by atoms with Crippen molar-refractivity contribution in [3.05, 3.63) is 34.7 Å². The topological polar surface area (TPSA) is 60.5 Å². The second kappa shape index (κ2) is 8.26. The predicted molar refractivity (Wildman–Crippen MR) is 94.4 cm³/mol. The van der Waals surface area contributed by atoms with Crippen molar-refractivity contribution in [1.29, 1.82) is 0 Å². The molecular weight excluding hydrogens is 324 g/mol. The largest absolute Gasteiger partial charge is 0.497 e. The molecule has 1 aromatic heterocycles. The fraction of sp³-hybridized carbons (Fsp3) is 0.444. The molecule has 1 saturated heterocycles. The number of nitrogens with one attached hydrogen (secondary N) is 1. The molecule has 2 aromatic rings. The molecule has 1 aliphatic heterocycles. The van der Waals surface area contributed by atoms with Crippen molar-refractivity contribution >= 4 is 17.2 Å². The minimum Gasteiger partial charge on any atom is -0.497 e. The summed E-state index contributed by atoms with van der Waals surface area (Å²) < 4.78 is 10.7. The smallest absolute Gasteiger partial charge is 0.220 e. The van der Waals surface area contributed by atoms with Gasteiger partial charge in [-0.2, -0.15) is 0 Å². The number of aromatic nitrogens is 1. The van der Waals surface area contributed by atoms with Crippen molar-refractivity contribution in [2.45, 2.75) is 31.8 Å². The van der Waals surface area contributed by atoms with E-state index < -0.39 is 0 Å². The minimum absolute atomic E-state index is 0.0618. The number of methoxy groups -OCH3 is 1. The van der Waals surface area contributed by atoms with Crippen molar-refractivity contribution < 1.29 is 14.3 Å². The van der Waals surface area contributed by atoms with Crippen LogP contribution in [0, 0.1) is 0 Å². The molecule has 6 heteroatoms. The Morgan fingerprint density at radius 2 is 2.25 bits per heavy atom. The van der Waals surface area contributed by atoms with Crippen LogP contribution >= 0.6 is 11.3 Å². The summed E-state index contributed by atoms with van der Waals surface area (Å²) in [5.74, 6) is 0.892. The molecule has 1 aliphatic rings. The highest BCUT2D eigenvalue weighted by Gasteiger charge is 2.16. The van der Waals surface area contributed by atoms with Crippen LogP contribution in [0.3, 0.4) is 0 Å². The number of carbonyl (C=O) groups is 1. The molecule has 1 amide bonds. The van der Waals surface area contributed by atoms with E-state index in [-0.39, 0.29) is 12.0 Å². The molecule has 2 heterocycles. The van der Waals surface area contributed by atoms with Gasteiger partial charge in [-0.25, -0.2) is 4.98 Å². The maximum Gasteiger partial charge on any atom is 0.220 e. The summed E-state index contributed by atoms with van der Waals surface area (Å²) >= 11 is 1.59. The lowest BCUT2D eigenvalue weighted by atomic mass is 10.2. The number of hydrogen-bond acceptors (Lipinski definition) is 5. The van der Waals surface area contributed by atoms with Gasteiger partial charge < -0.3 is 14.8 Å². The molecular formula is C18H22N2O3S. The Morgan fingerprint density at radius 3 is 2.96 bits per heavy atom. The van der Waals surface area contributed by atoms with Crippen LogP contribution in [-0.2, 0) is 16.0 Å². The molecule has 1 unspecified atom stereocenters. The van der Waals surface area contributed by atoms with E-state index in [0.717, 1.165) is 41.5 Å². The number of ether oxygens (including phenoxy) is 2. The summed E-state index contributed by atoms with van der Waals surface area (Å²) in [6.45, 7) is 1.43. The van der Waals surface area contributed by atoms with E-state index >= 15 is 0 Å². The van der Waals surface area contributed by atoms with E-state index in [1.807, 2.05) is 29.6 Å². The predicted octanol–water partition coefficient (Wildman–Crippen LogP) is 3.05. The Morgan fingerprint density at radius 1 is 1.42 bits per heavy atom. The van der Waals surface area contributed by atoms with Crippen LogP contribution in [-0.4, -0.2) is 37.3 Å². The lowest BCUT2D eigenvalue weighted by Gasteiger charge is -2.10. The summed E-state index contributed by atoms with van der Waals surface area (Å²) in [4.78, 5) is 16.5. The van der Waals surface area contributed by atoms with Crippen LogP contribution in [0.5, 0.6) is 5.75 Å². The molecule has 0 radical (unpaired) electrons. The van der Waals surface area contributed by atoms with Gasteiger partial charge in [-0.3, -0.25) is 4.79 Å². The summed E-state index contributed by atoms with van der Waals surface area (Å²) in [7, 11) is 1.65. The van der Waals surface area contributed by atoms with Gasteiger partial charge in [0.15, 0.2) is 0 Å². The maximum absolute atomic E-state index is 11.9. The van der Waals surface area contributed by atoms with E-state index in [1.54, 1.807) is 18.4 Å². The third-order valence-electron chi connectivity index (χ3n) is 4.05. The van der Waals surface area contributed by atoms with Crippen molar-refractivity contribution in [2.24, 2.45) is 0 Å². The molecule has 0 bridgehead atoms. The third kappa shape index (κ3) is 4.55. The zero-order valence-electron chi connectivity index (χ0n) is 13.8. The maximum atomic E-state index is 11.9. The SMILES string of the molecule is COc1ccc(-c2csc(CCC(=O)NCC3CCCO3)n2)cc1. The fourth-order valence-corrected chi connectivity index (χ4v) is 3.47. The van der Waals surface area contributed by atoms with E-state index in [0.29, 0.717) is 19.4 Å². The van der Waals surface area contributed by atoms with Crippen LogP contribution in [0.25, 0.3) is 11.3 Å². The van der Waals surface area contributed by atoms with E-state index in [9.17, 15) is 4.79 Å². The van der Waals surface area contributed by atoms with Crippen LogP contribution < -0.4 is 10.1 Å². The van der Waals surface area contributed by atoms with Crippen LogP contribution in [0.2, 0.25) is 0 Å². The zero-order valence-corrected chi connectivity index (χ0v) is 14.6. The second-order valence-electron chi connectivity index (χ2n) is 5.79. The van der Waals surface area contributed by atoms with Gasteiger partial charge in [-0.05, 0) is 37.1 Å². The lowest BCUT2D eigenvalue weighted by molar-refractivity contribution is -0.121. The first-order valence-electron chi connectivity index (χ1n) is 8.22. The van der Waals surface area contributed by atoms with Gasteiger partial charge in [0.2, 0.25) is 5.91 Å². The molecule has 1 atom stereocenters. The lowest BCUT2D eigenvalue weighted by Crippen LogP contribution is -2.31. The first-order chi connectivity index (χ1) is 11.7. The van der Waals surface area contributed by atoms with E-state index in [1.165, 1.54) is 0 Å². The molecule has 3 rings (SSSR count). The number of carbonyl (C=O) groups excluding carboxylic acids is 1. The Kier molecular flexibility index (Phi) is 5.82. The van der Waals surface area contributed by atoms with Crippen LogP contribution in [0.15, 0.2) is 29.6 Å². The zero-order chi connectivity index (χ0) is 16.8. The van der Waals surface area contributed by atoms with Gasteiger partial charge in [0, 0.05) is 36.9 Å². The van der Waals surface area contributed by atoms with Crippen LogP contribution in [0.4, 0.5) is 0 Å². The highest BCUT2D eigenvalue weighted by atomic mass is 32.1. The molecule has 1 fully saturated rings. The summed E-state index contributed by atoms with van der Waals surface area (Å²) in [6, 6.07) is 7.83. The highest BCUT2D eigenvalue weighted by Crippen LogP contribution is 2.24. The number of amides is 1. The summed E-state index contributed by atoms with van der Waals surface area (Å²) in [6.07, 6.45) is 3.45. The average molecular weight is 346 g/mol. The highest BCUT2D eigenvalue weighted by molar-refractivity contribution is 7.09. The molecule has 0 spiro atoms. The van der Waals surface area contributed by atoms with Gasteiger partial charge in [-0.1, -0.05) is 0 Å². The fourth-order valence-electron chi connectivity index (χ4n) is 2.66. The molecule has 5 nitrogen and oxygen atoms in total. The van der Waals surface area contributed by atoms with Gasteiger partial charge in [0.05, 0.1) is 23.9 Å². The first-order valence-corrected chi connectivity index (χ1v) is 9.09. The number of hydrogen-bond donors (Lipinski definition) is 1. The van der Waals surface area contributed by atoms with Gasteiger partial charge in [0.1, 0.15) is 5.75 Å². The van der Waals surface area contributed by atoms with Gasteiger partial charge in [0.25, 0.3) is 0 Å². The molecule has 0 aliphatic carbocycles. The average Bonchev–Trinajstić information content (AvgIpc) is 3.30. The second-order valence-corrected chi connectivity index (χ2v) is 6.74. The van der Waals surface area contributed by atoms with Crippen molar-refractivity contribution in [2.75, 3.05) is 20.3 Å². The van der Waals surface area contributed by atoms with Crippen molar-refractivity contribution in [1.82, 2.24) is 10.3 Å². The number of aryl methyl sites for hydroxylation is 1. The van der Waals surface area contributed by atoms with E-state index in [4.69, 9.17) is 9.47 Å². The number of nitrogens with zero attached hydrogens (tertiary/aromatic N) is 1. The number of rotatable bonds is 7. The molecule has 1 N–H and O–H groups in total. The Hall–Kier alpha value is -1.92. The summed E-state index contributed by atoms with van der Waals surface area (Å²) in [5, 5.41) is 5.95. The number of benzene rings is 1.